The van der Waals surface area contributed by atoms with Gasteiger partial charge in [0.2, 0.25) is 0 Å². The standard InChI is InChI=1S/C36H38N4O5/c1-3-9-30-29(22-23-14-16-24(17-15-23)27-10-5-6-11-28(27)34-38-36(43)45-39-34)35(42)40(33(4-2)37-30)25-18-20-26(21-19-25)44-32-13-8-7-12-31(32)41/h5-6,10-11,14-21,31-32,41H,3-4,7-9,12-13,22H2,1-2H3,(H,38,39,43)/t31-,32-/m1/s1. The van der Waals surface area contributed by atoms with E-state index in [1.165, 1.54) is 0 Å². The number of benzene rings is 3. The maximum atomic E-state index is 14.2. The number of aromatic nitrogens is 4. The minimum atomic E-state index is -0.602. The molecule has 0 unspecified atom stereocenters. The smallest absolute Gasteiger partial charge is 0.439 e. The molecule has 0 amide bonds. The number of aliphatic hydroxyl groups excluding tert-OH is 1. The van der Waals surface area contributed by atoms with E-state index in [0.717, 1.165) is 78.0 Å². The van der Waals surface area contributed by atoms with Crippen molar-refractivity contribution in [3.05, 3.63) is 116 Å². The molecule has 6 rings (SSSR count). The fraction of sp³-hybridized carbons (Fsp3) is 0.333. The monoisotopic (exact) mass is 606 g/mol. The SMILES string of the molecule is CCCc1nc(CC)n(-c2ccc(O[C@@H]3CCCC[C@H]3O)cc2)c(=O)c1Cc1ccc(-c2ccccc2-c2noc(=O)[nH]2)cc1. The fourth-order valence-electron chi connectivity index (χ4n) is 6.13. The molecule has 0 saturated heterocycles. The Labute approximate surface area is 261 Å². The van der Waals surface area contributed by atoms with E-state index in [1.807, 2.05) is 79.7 Å². The zero-order chi connectivity index (χ0) is 31.3. The van der Waals surface area contributed by atoms with E-state index < -0.39 is 11.9 Å². The molecule has 2 aromatic heterocycles. The van der Waals surface area contributed by atoms with Gasteiger partial charge in [-0.15, -0.1) is 0 Å². The largest absolute Gasteiger partial charge is 0.488 e. The molecule has 2 atom stereocenters. The van der Waals surface area contributed by atoms with Crippen molar-refractivity contribution in [1.82, 2.24) is 19.7 Å². The first-order valence-electron chi connectivity index (χ1n) is 15.8. The van der Waals surface area contributed by atoms with Crippen LogP contribution in [0.3, 0.4) is 0 Å². The van der Waals surface area contributed by atoms with E-state index >= 15 is 0 Å². The minimum Gasteiger partial charge on any atom is -0.488 e. The number of nitrogens with one attached hydrogen (secondary N) is 1. The zero-order valence-corrected chi connectivity index (χ0v) is 25.7. The summed E-state index contributed by atoms with van der Waals surface area (Å²) in [5.74, 6) is 1.18. The fourth-order valence-corrected chi connectivity index (χ4v) is 6.13. The van der Waals surface area contributed by atoms with Crippen LogP contribution in [-0.2, 0) is 19.3 Å². The molecular formula is C36H38N4O5. The summed E-state index contributed by atoms with van der Waals surface area (Å²) < 4.78 is 12.5. The third-order valence-electron chi connectivity index (χ3n) is 8.45. The van der Waals surface area contributed by atoms with Crippen molar-refractivity contribution >= 4 is 0 Å². The van der Waals surface area contributed by atoms with Crippen LogP contribution in [0, 0.1) is 0 Å². The lowest BCUT2D eigenvalue weighted by Crippen LogP contribution is -2.34. The average molecular weight is 607 g/mol. The Kier molecular flexibility index (Phi) is 9.07. The molecule has 1 aliphatic rings. The third kappa shape index (κ3) is 6.54. The van der Waals surface area contributed by atoms with Gasteiger partial charge in [0.1, 0.15) is 17.7 Å². The second-order valence-electron chi connectivity index (χ2n) is 11.6. The van der Waals surface area contributed by atoms with Crippen molar-refractivity contribution in [2.45, 2.75) is 77.4 Å². The van der Waals surface area contributed by atoms with Gasteiger partial charge in [-0.2, -0.15) is 0 Å². The third-order valence-corrected chi connectivity index (χ3v) is 8.45. The van der Waals surface area contributed by atoms with E-state index in [1.54, 1.807) is 4.57 Å². The lowest BCUT2D eigenvalue weighted by atomic mass is 9.95. The van der Waals surface area contributed by atoms with Gasteiger partial charge in [-0.3, -0.25) is 18.9 Å². The lowest BCUT2D eigenvalue weighted by molar-refractivity contribution is 0.00688. The Balaban J connectivity index is 1.30. The highest BCUT2D eigenvalue weighted by atomic mass is 16.5. The Morgan fingerprint density at radius 2 is 1.69 bits per heavy atom. The highest BCUT2D eigenvalue weighted by Gasteiger charge is 2.25. The van der Waals surface area contributed by atoms with E-state index in [4.69, 9.17) is 14.2 Å². The van der Waals surface area contributed by atoms with Gasteiger partial charge in [0.25, 0.3) is 5.56 Å². The maximum absolute atomic E-state index is 14.2. The van der Waals surface area contributed by atoms with Crippen molar-refractivity contribution in [3.63, 3.8) is 0 Å². The summed E-state index contributed by atoms with van der Waals surface area (Å²) in [6, 6.07) is 23.3. The Bertz CT molecular complexity index is 1870. The van der Waals surface area contributed by atoms with Crippen LogP contribution in [0.1, 0.15) is 68.6 Å². The molecule has 1 fully saturated rings. The summed E-state index contributed by atoms with van der Waals surface area (Å²) in [6.45, 7) is 4.11. The molecule has 0 aliphatic heterocycles. The first-order chi connectivity index (χ1) is 21.9. The Hall–Kier alpha value is -4.76. The van der Waals surface area contributed by atoms with Gasteiger partial charge in [0.15, 0.2) is 5.82 Å². The minimum absolute atomic E-state index is 0.0638. The molecule has 2 heterocycles. The molecule has 45 heavy (non-hydrogen) atoms. The van der Waals surface area contributed by atoms with Gasteiger partial charge in [0.05, 0.1) is 17.5 Å². The summed E-state index contributed by atoms with van der Waals surface area (Å²) in [7, 11) is 0. The van der Waals surface area contributed by atoms with Gasteiger partial charge in [-0.05, 0) is 66.6 Å². The van der Waals surface area contributed by atoms with E-state index in [-0.39, 0.29) is 11.7 Å². The van der Waals surface area contributed by atoms with Crippen molar-refractivity contribution in [1.29, 1.82) is 0 Å². The zero-order valence-electron chi connectivity index (χ0n) is 25.7. The number of H-pyrrole nitrogens is 1. The van der Waals surface area contributed by atoms with Crippen LogP contribution < -0.4 is 16.1 Å². The number of aryl methyl sites for hydroxylation is 2. The lowest BCUT2D eigenvalue weighted by Gasteiger charge is -2.28. The molecule has 1 saturated carbocycles. The molecule has 0 spiro atoms. The predicted octanol–water partition coefficient (Wildman–Crippen LogP) is 6.03. The summed E-state index contributed by atoms with van der Waals surface area (Å²) in [5, 5.41) is 14.2. The maximum Gasteiger partial charge on any atom is 0.439 e. The Morgan fingerprint density at radius 3 is 2.36 bits per heavy atom. The molecular weight excluding hydrogens is 568 g/mol. The number of aliphatic hydroxyl groups is 1. The molecule has 9 nitrogen and oxygen atoms in total. The molecule has 232 valence electrons. The first kappa shape index (κ1) is 30.3. The van der Waals surface area contributed by atoms with Gasteiger partial charge in [-0.25, -0.2) is 9.78 Å². The van der Waals surface area contributed by atoms with Crippen LogP contribution in [0.2, 0.25) is 0 Å². The van der Waals surface area contributed by atoms with Crippen molar-refractivity contribution in [3.8, 4) is 34.0 Å². The molecule has 9 heteroatoms. The van der Waals surface area contributed by atoms with Gasteiger partial charge in [-0.1, -0.05) is 80.4 Å². The van der Waals surface area contributed by atoms with Crippen LogP contribution in [0.15, 0.2) is 86.9 Å². The Morgan fingerprint density at radius 1 is 0.956 bits per heavy atom. The summed E-state index contributed by atoms with van der Waals surface area (Å²) in [5.41, 5.74) is 5.81. The molecule has 3 aromatic carbocycles. The van der Waals surface area contributed by atoms with E-state index in [2.05, 4.69) is 17.1 Å². The molecule has 1 aliphatic carbocycles. The number of rotatable bonds is 10. The van der Waals surface area contributed by atoms with Crippen LogP contribution in [0.4, 0.5) is 0 Å². The number of hydrogen-bond donors (Lipinski definition) is 2. The first-order valence-corrected chi connectivity index (χ1v) is 15.8. The summed E-state index contributed by atoms with van der Waals surface area (Å²) in [6.07, 6.45) is 5.68. The summed E-state index contributed by atoms with van der Waals surface area (Å²) in [4.78, 5) is 33.4. The second-order valence-corrected chi connectivity index (χ2v) is 11.6. The van der Waals surface area contributed by atoms with Crippen LogP contribution in [0.25, 0.3) is 28.2 Å². The molecule has 0 bridgehead atoms. The van der Waals surface area contributed by atoms with Crippen LogP contribution in [-0.4, -0.2) is 37.0 Å². The van der Waals surface area contributed by atoms with Crippen molar-refractivity contribution in [2.24, 2.45) is 0 Å². The number of aromatic amines is 1. The van der Waals surface area contributed by atoms with E-state index in [9.17, 15) is 14.7 Å². The summed E-state index contributed by atoms with van der Waals surface area (Å²) >= 11 is 0. The van der Waals surface area contributed by atoms with Crippen molar-refractivity contribution < 1.29 is 14.4 Å². The molecule has 5 aromatic rings. The number of hydrogen-bond acceptors (Lipinski definition) is 7. The quantitative estimate of drug-likeness (QED) is 0.199. The molecule has 2 N–H and O–H groups in total. The van der Waals surface area contributed by atoms with Crippen LogP contribution in [0.5, 0.6) is 5.75 Å². The van der Waals surface area contributed by atoms with Crippen molar-refractivity contribution in [2.75, 3.05) is 0 Å². The second kappa shape index (κ2) is 13.5. The molecule has 0 radical (unpaired) electrons. The highest BCUT2D eigenvalue weighted by molar-refractivity contribution is 5.80. The predicted molar refractivity (Wildman–Crippen MR) is 173 cm³/mol. The number of ether oxygens (including phenoxy) is 1. The van der Waals surface area contributed by atoms with Crippen LogP contribution >= 0.6 is 0 Å². The van der Waals surface area contributed by atoms with Gasteiger partial charge >= 0.3 is 5.76 Å². The van der Waals surface area contributed by atoms with Gasteiger partial charge in [0, 0.05) is 24.0 Å². The van der Waals surface area contributed by atoms with E-state index in [0.29, 0.717) is 30.0 Å². The van der Waals surface area contributed by atoms with Gasteiger partial charge < -0.3 is 9.84 Å². The average Bonchev–Trinajstić information content (AvgIpc) is 3.50. The topological polar surface area (TPSA) is 123 Å². The highest BCUT2D eigenvalue weighted by Crippen LogP contribution is 2.30. The normalized spacial score (nSPS) is 16.5. The number of nitrogens with zero attached hydrogens (tertiary/aromatic N) is 3.